The summed E-state index contributed by atoms with van der Waals surface area (Å²) in [6.45, 7) is 13.4. The van der Waals surface area contributed by atoms with E-state index in [0.29, 0.717) is 5.92 Å². The Kier molecular flexibility index (Phi) is 5.44. The van der Waals surface area contributed by atoms with Gasteiger partial charge >= 0.3 is 0 Å². The molecule has 0 spiro atoms. The predicted octanol–water partition coefficient (Wildman–Crippen LogP) is 2.31. The maximum atomic E-state index is 11.8. The number of hydrogen-bond donors (Lipinski definition) is 0. The third-order valence-electron chi connectivity index (χ3n) is 2.33. The van der Waals surface area contributed by atoms with Crippen molar-refractivity contribution in [2.45, 2.75) is 27.7 Å². The topological polar surface area (TPSA) is 20.3 Å². The van der Waals surface area contributed by atoms with Gasteiger partial charge in [-0.3, -0.25) is 4.79 Å². The molecule has 0 aliphatic carbocycles. The van der Waals surface area contributed by atoms with Crippen LogP contribution in [0.3, 0.4) is 0 Å². The molecule has 0 N–H and O–H groups in total. The molecular weight excluding hydrogens is 162 g/mol. The molecule has 0 aliphatic rings. The molecule has 0 aromatic heterocycles. The first-order chi connectivity index (χ1) is 6.08. The van der Waals surface area contributed by atoms with Crippen molar-refractivity contribution < 1.29 is 4.79 Å². The minimum Gasteiger partial charge on any atom is -0.343 e. The summed E-state index contributed by atoms with van der Waals surface area (Å²) in [7, 11) is 0. The monoisotopic (exact) mass is 183 g/mol. The van der Waals surface area contributed by atoms with Gasteiger partial charge in [0.25, 0.3) is 0 Å². The highest BCUT2D eigenvalue weighted by Crippen LogP contribution is 2.14. The summed E-state index contributed by atoms with van der Waals surface area (Å²) in [5.74, 6) is 0.514. The molecule has 0 heterocycles. The average molecular weight is 183 g/mol. The molecule has 1 atom stereocenters. The van der Waals surface area contributed by atoms with Crippen LogP contribution >= 0.6 is 0 Å². The van der Waals surface area contributed by atoms with Crippen LogP contribution in [0.5, 0.6) is 0 Å². The Bertz CT molecular complexity index is 171. The van der Waals surface area contributed by atoms with E-state index < -0.39 is 0 Å². The third-order valence-corrected chi connectivity index (χ3v) is 2.33. The van der Waals surface area contributed by atoms with Crippen molar-refractivity contribution in [3.05, 3.63) is 12.7 Å². The predicted molar refractivity (Wildman–Crippen MR) is 56.5 cm³/mol. The highest BCUT2D eigenvalue weighted by Gasteiger charge is 2.22. The van der Waals surface area contributed by atoms with Crippen molar-refractivity contribution in [1.82, 2.24) is 4.90 Å². The summed E-state index contributed by atoms with van der Waals surface area (Å²) in [5, 5.41) is 0. The first-order valence-corrected chi connectivity index (χ1v) is 4.99. The smallest absolute Gasteiger partial charge is 0.229 e. The van der Waals surface area contributed by atoms with Crippen LogP contribution in [-0.2, 0) is 4.79 Å². The first-order valence-electron chi connectivity index (χ1n) is 4.99. The summed E-state index contributed by atoms with van der Waals surface area (Å²) in [6, 6.07) is 0. The summed E-state index contributed by atoms with van der Waals surface area (Å²) < 4.78 is 0. The van der Waals surface area contributed by atoms with Crippen LogP contribution in [0, 0.1) is 11.8 Å². The molecule has 0 aromatic rings. The van der Waals surface area contributed by atoms with E-state index in [0.717, 1.165) is 13.1 Å². The van der Waals surface area contributed by atoms with Crippen LogP contribution in [0.4, 0.5) is 0 Å². The van der Waals surface area contributed by atoms with Gasteiger partial charge in [-0.1, -0.05) is 19.9 Å². The van der Waals surface area contributed by atoms with Crippen molar-refractivity contribution in [3.8, 4) is 0 Å². The molecule has 0 radical (unpaired) electrons. The molecule has 0 bridgehead atoms. The van der Waals surface area contributed by atoms with E-state index in [1.807, 2.05) is 32.6 Å². The van der Waals surface area contributed by atoms with Crippen LogP contribution < -0.4 is 0 Å². The second-order valence-electron chi connectivity index (χ2n) is 3.52. The number of carbonyl (C=O) groups excluding carboxylic acids is 1. The number of nitrogens with zero attached hydrogens (tertiary/aromatic N) is 1. The maximum Gasteiger partial charge on any atom is 0.229 e. The fourth-order valence-electron chi connectivity index (χ4n) is 1.40. The lowest BCUT2D eigenvalue weighted by Gasteiger charge is -2.25. The van der Waals surface area contributed by atoms with Gasteiger partial charge in [-0.05, 0) is 19.8 Å². The van der Waals surface area contributed by atoms with Gasteiger partial charge < -0.3 is 4.90 Å². The highest BCUT2D eigenvalue weighted by atomic mass is 16.2. The lowest BCUT2D eigenvalue weighted by atomic mass is 9.94. The quantitative estimate of drug-likeness (QED) is 0.599. The minimum atomic E-state index is -0.0279. The molecule has 0 saturated heterocycles. The van der Waals surface area contributed by atoms with Gasteiger partial charge in [-0.15, -0.1) is 6.58 Å². The number of carbonyl (C=O) groups is 1. The summed E-state index contributed by atoms with van der Waals surface area (Å²) in [5.41, 5.74) is 0. The Morgan fingerprint density at radius 3 is 2.08 bits per heavy atom. The van der Waals surface area contributed by atoms with E-state index in [2.05, 4.69) is 6.58 Å². The fraction of sp³-hybridized carbons (Fsp3) is 0.727. The van der Waals surface area contributed by atoms with Gasteiger partial charge in [-0.25, -0.2) is 0 Å². The van der Waals surface area contributed by atoms with Gasteiger partial charge in [0.05, 0.1) is 5.92 Å². The largest absolute Gasteiger partial charge is 0.343 e. The van der Waals surface area contributed by atoms with E-state index >= 15 is 0 Å². The Balaban J connectivity index is 4.43. The van der Waals surface area contributed by atoms with Gasteiger partial charge in [0, 0.05) is 13.1 Å². The van der Waals surface area contributed by atoms with E-state index in [-0.39, 0.29) is 11.8 Å². The van der Waals surface area contributed by atoms with Crippen LogP contribution in [0.1, 0.15) is 27.7 Å². The molecule has 0 aromatic carbocycles. The van der Waals surface area contributed by atoms with Crippen LogP contribution in [-0.4, -0.2) is 23.9 Å². The van der Waals surface area contributed by atoms with Gasteiger partial charge in [0.15, 0.2) is 0 Å². The van der Waals surface area contributed by atoms with Crippen molar-refractivity contribution in [2.75, 3.05) is 13.1 Å². The summed E-state index contributed by atoms with van der Waals surface area (Å²) in [4.78, 5) is 13.7. The molecule has 13 heavy (non-hydrogen) atoms. The second-order valence-corrected chi connectivity index (χ2v) is 3.52. The molecular formula is C11H21NO. The standard InChI is InChI=1S/C11H21NO/c1-6-10(9(4)5)11(13)12(7-2)8-3/h6,9-10H,1,7-8H2,2-5H3. The van der Waals surface area contributed by atoms with E-state index in [9.17, 15) is 4.79 Å². The van der Waals surface area contributed by atoms with Crippen LogP contribution in [0.15, 0.2) is 12.7 Å². The first kappa shape index (κ1) is 12.2. The number of rotatable bonds is 5. The normalized spacial score (nSPS) is 12.7. The minimum absolute atomic E-state index is 0.0279. The molecule has 76 valence electrons. The Labute approximate surface area is 81.6 Å². The van der Waals surface area contributed by atoms with Gasteiger partial charge in [-0.2, -0.15) is 0 Å². The lowest BCUT2D eigenvalue weighted by molar-refractivity contribution is -0.134. The van der Waals surface area contributed by atoms with E-state index in [4.69, 9.17) is 0 Å². The molecule has 1 amide bonds. The molecule has 0 aliphatic heterocycles. The Morgan fingerprint density at radius 2 is 1.85 bits per heavy atom. The molecule has 2 nitrogen and oxygen atoms in total. The molecule has 0 saturated carbocycles. The van der Waals surface area contributed by atoms with Crippen molar-refractivity contribution in [2.24, 2.45) is 11.8 Å². The fourth-order valence-corrected chi connectivity index (χ4v) is 1.40. The van der Waals surface area contributed by atoms with Crippen molar-refractivity contribution in [1.29, 1.82) is 0 Å². The van der Waals surface area contributed by atoms with Gasteiger partial charge in [0.2, 0.25) is 5.91 Å². The zero-order valence-electron chi connectivity index (χ0n) is 9.21. The van der Waals surface area contributed by atoms with Crippen LogP contribution in [0.2, 0.25) is 0 Å². The Hall–Kier alpha value is -0.790. The van der Waals surface area contributed by atoms with Crippen LogP contribution in [0.25, 0.3) is 0 Å². The molecule has 1 unspecified atom stereocenters. The third kappa shape index (κ3) is 3.21. The molecule has 0 fully saturated rings. The lowest BCUT2D eigenvalue weighted by Crippen LogP contribution is -2.37. The maximum absolute atomic E-state index is 11.8. The zero-order chi connectivity index (χ0) is 10.4. The summed E-state index contributed by atoms with van der Waals surface area (Å²) >= 11 is 0. The highest BCUT2D eigenvalue weighted by molar-refractivity contribution is 5.80. The van der Waals surface area contributed by atoms with Crippen molar-refractivity contribution in [3.63, 3.8) is 0 Å². The van der Waals surface area contributed by atoms with Crippen molar-refractivity contribution >= 4 is 5.91 Å². The number of hydrogen-bond acceptors (Lipinski definition) is 1. The summed E-state index contributed by atoms with van der Waals surface area (Å²) in [6.07, 6.45) is 1.76. The molecule has 0 rings (SSSR count). The average Bonchev–Trinajstić information content (AvgIpc) is 2.07. The zero-order valence-corrected chi connectivity index (χ0v) is 9.21. The van der Waals surface area contributed by atoms with E-state index in [1.165, 1.54) is 0 Å². The Morgan fingerprint density at radius 1 is 1.38 bits per heavy atom. The molecule has 2 heteroatoms. The number of amides is 1. The van der Waals surface area contributed by atoms with E-state index in [1.54, 1.807) is 6.08 Å². The second kappa shape index (κ2) is 5.79. The van der Waals surface area contributed by atoms with Gasteiger partial charge in [0.1, 0.15) is 0 Å². The SMILES string of the molecule is C=CC(C(=O)N(CC)CC)C(C)C.